The molecule has 0 spiro atoms. The zero-order valence-electron chi connectivity index (χ0n) is 11.1. The Bertz CT molecular complexity index is 153. The summed E-state index contributed by atoms with van der Waals surface area (Å²) in [4.78, 5) is 0. The first-order valence-electron chi connectivity index (χ1n) is 6.78. The van der Waals surface area contributed by atoms with Crippen LogP contribution in [-0.4, -0.2) is 20.4 Å². The highest BCUT2D eigenvalue weighted by molar-refractivity contribution is 7.39. The zero-order valence-corrected chi connectivity index (χ0v) is 13.7. The molecular weight excluding hydrogens is 275 g/mol. The molecule has 0 bridgehead atoms. The van der Waals surface area contributed by atoms with Crippen LogP contribution in [0.15, 0.2) is 0 Å². The van der Waals surface area contributed by atoms with Crippen molar-refractivity contribution in [1.29, 1.82) is 0 Å². The van der Waals surface area contributed by atoms with Gasteiger partial charge in [-0.1, -0.05) is 74.5 Å². The van der Waals surface area contributed by atoms with Crippen molar-refractivity contribution >= 4 is 29.3 Å². The topological polar surface area (TPSA) is 18.5 Å². The molecule has 0 unspecified atom stereocenters. The molecule has 0 radical (unpaired) electrons. The van der Waals surface area contributed by atoms with E-state index in [1.807, 2.05) is 0 Å². The van der Waals surface area contributed by atoms with Crippen LogP contribution in [0.2, 0.25) is 0 Å². The molecule has 0 aliphatic carbocycles. The second-order valence-electron chi connectivity index (χ2n) is 4.28. The van der Waals surface area contributed by atoms with Crippen LogP contribution in [0.5, 0.6) is 0 Å². The second kappa shape index (κ2) is 11.8. The Morgan fingerprint density at radius 1 is 0.706 bits per heavy atom. The molecule has 0 N–H and O–H groups in total. The summed E-state index contributed by atoms with van der Waals surface area (Å²) in [5.41, 5.74) is 0. The lowest BCUT2D eigenvalue weighted by Crippen LogP contribution is -2.30. The number of unbranched alkanes of at least 4 members (excludes halogenated alkanes) is 6. The van der Waals surface area contributed by atoms with E-state index in [2.05, 4.69) is 13.8 Å². The van der Waals surface area contributed by atoms with E-state index in [0.717, 1.165) is 12.8 Å². The van der Waals surface area contributed by atoms with E-state index >= 15 is 0 Å². The normalized spacial score (nSPS) is 12.0. The van der Waals surface area contributed by atoms with Gasteiger partial charge in [0.1, 0.15) is 0 Å². The summed E-state index contributed by atoms with van der Waals surface area (Å²) in [6.45, 7) is 5.60. The first kappa shape index (κ1) is 17.7. The fraction of sp³-hybridized carbons (Fsp3) is 1.00. The summed E-state index contributed by atoms with van der Waals surface area (Å²) in [5.74, 6) is 0. The highest BCUT2D eigenvalue weighted by Gasteiger charge is 2.33. The van der Waals surface area contributed by atoms with Gasteiger partial charge in [-0.05, 0) is 12.8 Å². The van der Waals surface area contributed by atoms with Crippen molar-refractivity contribution in [2.24, 2.45) is 0 Å². The molecule has 2 nitrogen and oxygen atoms in total. The highest BCUT2D eigenvalue weighted by atomic mass is 35.7. The lowest BCUT2D eigenvalue weighted by Gasteiger charge is -2.17. The predicted molar refractivity (Wildman–Crippen MR) is 77.6 cm³/mol. The SMILES string of the molecule is CCCCCCO[Si](Cl)(Cl)OCCCCCC. The van der Waals surface area contributed by atoms with Crippen LogP contribution < -0.4 is 0 Å². The summed E-state index contributed by atoms with van der Waals surface area (Å²) in [7, 11) is -2.88. The van der Waals surface area contributed by atoms with Crippen molar-refractivity contribution in [3.63, 3.8) is 0 Å². The maximum Gasteiger partial charge on any atom is 0.551 e. The Morgan fingerprint density at radius 2 is 1.12 bits per heavy atom. The molecule has 0 saturated heterocycles. The van der Waals surface area contributed by atoms with Crippen molar-refractivity contribution in [3.8, 4) is 0 Å². The molecule has 0 aliphatic rings. The third-order valence-corrected chi connectivity index (χ3v) is 4.93. The smallest absolute Gasteiger partial charge is 0.372 e. The highest BCUT2D eigenvalue weighted by Crippen LogP contribution is 2.19. The van der Waals surface area contributed by atoms with E-state index in [9.17, 15) is 0 Å². The fourth-order valence-electron chi connectivity index (χ4n) is 1.48. The molecule has 0 amide bonds. The van der Waals surface area contributed by atoms with Gasteiger partial charge in [-0.25, -0.2) is 0 Å². The Kier molecular flexibility index (Phi) is 12.3. The first-order valence-corrected chi connectivity index (χ1v) is 10.6. The van der Waals surface area contributed by atoms with Gasteiger partial charge in [0.2, 0.25) is 0 Å². The molecule has 0 heterocycles. The predicted octanol–water partition coefficient (Wildman–Crippen LogP) is 5.09. The minimum absolute atomic E-state index is 0.619. The van der Waals surface area contributed by atoms with Crippen LogP contribution in [0, 0.1) is 0 Å². The van der Waals surface area contributed by atoms with Gasteiger partial charge in [0.05, 0.1) is 0 Å². The average Bonchev–Trinajstić information content (AvgIpc) is 2.28. The summed E-state index contributed by atoms with van der Waals surface area (Å²) in [6.07, 6.45) is 9.29. The third kappa shape index (κ3) is 13.0. The van der Waals surface area contributed by atoms with E-state index < -0.39 is 7.18 Å². The quantitative estimate of drug-likeness (QED) is 0.284. The van der Waals surface area contributed by atoms with Crippen LogP contribution in [0.25, 0.3) is 0 Å². The number of hydrogen-bond acceptors (Lipinski definition) is 2. The molecule has 0 atom stereocenters. The standard InChI is InChI=1S/C12H26Cl2O2Si/c1-3-5-7-9-11-15-17(13,14)16-12-10-8-6-4-2/h3-12H2,1-2H3. The molecule has 0 aromatic carbocycles. The third-order valence-electron chi connectivity index (χ3n) is 2.54. The average molecular weight is 301 g/mol. The van der Waals surface area contributed by atoms with Crippen molar-refractivity contribution in [1.82, 2.24) is 0 Å². The number of halogens is 2. The Morgan fingerprint density at radius 3 is 1.47 bits per heavy atom. The summed E-state index contributed by atoms with van der Waals surface area (Å²) < 4.78 is 10.9. The van der Waals surface area contributed by atoms with Crippen molar-refractivity contribution in [2.75, 3.05) is 13.2 Å². The van der Waals surface area contributed by atoms with Crippen LogP contribution in [-0.2, 0) is 8.85 Å². The van der Waals surface area contributed by atoms with E-state index in [4.69, 9.17) is 31.0 Å². The van der Waals surface area contributed by atoms with Crippen molar-refractivity contribution < 1.29 is 8.85 Å². The van der Waals surface area contributed by atoms with Crippen LogP contribution in [0.1, 0.15) is 65.2 Å². The molecule has 0 aliphatic heterocycles. The van der Waals surface area contributed by atoms with E-state index in [-0.39, 0.29) is 0 Å². The lowest BCUT2D eigenvalue weighted by molar-refractivity contribution is 0.197. The van der Waals surface area contributed by atoms with Gasteiger partial charge in [0.25, 0.3) is 0 Å². The first-order chi connectivity index (χ1) is 8.12. The summed E-state index contributed by atoms with van der Waals surface area (Å²) in [6, 6.07) is 0. The van der Waals surface area contributed by atoms with Crippen LogP contribution in [0.3, 0.4) is 0 Å². The van der Waals surface area contributed by atoms with Gasteiger partial charge in [-0.2, -0.15) is 0 Å². The largest absolute Gasteiger partial charge is 0.551 e. The molecule has 104 valence electrons. The zero-order chi connectivity index (χ0) is 13.0. The maximum atomic E-state index is 6.02. The van der Waals surface area contributed by atoms with Crippen LogP contribution >= 0.6 is 22.2 Å². The fourth-order valence-corrected chi connectivity index (χ4v) is 3.25. The van der Waals surface area contributed by atoms with Gasteiger partial charge in [0.15, 0.2) is 0 Å². The minimum atomic E-state index is -2.88. The minimum Gasteiger partial charge on any atom is -0.372 e. The maximum absolute atomic E-state index is 6.02. The second-order valence-corrected chi connectivity index (χ2v) is 9.35. The number of hydrogen-bond donors (Lipinski definition) is 0. The van der Waals surface area contributed by atoms with E-state index in [1.54, 1.807) is 0 Å². The van der Waals surface area contributed by atoms with Crippen LogP contribution in [0.4, 0.5) is 0 Å². The van der Waals surface area contributed by atoms with Gasteiger partial charge < -0.3 is 8.85 Å². The summed E-state index contributed by atoms with van der Waals surface area (Å²) >= 11 is 12.0. The molecule has 0 rings (SSSR count). The van der Waals surface area contributed by atoms with Gasteiger partial charge >= 0.3 is 7.18 Å². The van der Waals surface area contributed by atoms with Gasteiger partial charge in [0, 0.05) is 13.2 Å². The van der Waals surface area contributed by atoms with Crippen molar-refractivity contribution in [2.45, 2.75) is 65.2 Å². The number of rotatable bonds is 12. The van der Waals surface area contributed by atoms with Crippen molar-refractivity contribution in [3.05, 3.63) is 0 Å². The lowest BCUT2D eigenvalue weighted by atomic mass is 10.2. The summed E-state index contributed by atoms with van der Waals surface area (Å²) in [5, 5.41) is 0. The Labute approximate surface area is 117 Å². The molecule has 0 aromatic heterocycles. The molecule has 0 aromatic rings. The Balaban J connectivity index is 3.38. The molecule has 5 heteroatoms. The monoisotopic (exact) mass is 300 g/mol. The van der Waals surface area contributed by atoms with Gasteiger partial charge in [-0.3, -0.25) is 0 Å². The molecule has 0 fully saturated rings. The molecular formula is C12H26Cl2O2Si. The van der Waals surface area contributed by atoms with Gasteiger partial charge in [-0.15, -0.1) is 0 Å². The molecule has 0 saturated carbocycles. The van der Waals surface area contributed by atoms with E-state index in [1.165, 1.54) is 38.5 Å². The van der Waals surface area contributed by atoms with E-state index in [0.29, 0.717) is 13.2 Å². The molecule has 17 heavy (non-hydrogen) atoms. The Hall–Kier alpha value is 0.717.